The number of fused-ring (bicyclic) bond motifs is 1. The van der Waals surface area contributed by atoms with Crippen molar-refractivity contribution in [3.63, 3.8) is 0 Å². The lowest BCUT2D eigenvalue weighted by molar-refractivity contribution is -0.121. The second-order valence-corrected chi connectivity index (χ2v) is 6.97. The van der Waals surface area contributed by atoms with Gasteiger partial charge >= 0.3 is 7.82 Å². The maximum atomic E-state index is 12.3. The Morgan fingerprint density at radius 2 is 2.04 bits per heavy atom. The van der Waals surface area contributed by atoms with Crippen LogP contribution in [0.25, 0.3) is 0 Å². The summed E-state index contributed by atoms with van der Waals surface area (Å²) in [4.78, 5) is 49.1. The average Bonchev–Trinajstić information content (AvgIpc) is 2.95. The minimum Gasteiger partial charge on any atom is -0.387 e. The predicted octanol–water partition coefficient (Wildman–Crippen LogP) is -2.48. The number of aromatic nitrogens is 2. The number of hydrogen-bond donors (Lipinski definition) is 5. The highest BCUT2D eigenvalue weighted by Crippen LogP contribution is 2.38. The molecule has 25 heavy (non-hydrogen) atoms. The van der Waals surface area contributed by atoms with Gasteiger partial charge < -0.3 is 29.7 Å². The molecule has 0 aromatic carbocycles. The lowest BCUT2D eigenvalue weighted by Gasteiger charge is -2.26. The van der Waals surface area contributed by atoms with E-state index in [4.69, 9.17) is 14.5 Å². The number of carbonyl (C=O) groups excluding carboxylic acids is 1. The molecule has 1 fully saturated rings. The Balaban J connectivity index is 1.87. The topological polar surface area (TPSA) is 183 Å². The maximum absolute atomic E-state index is 12.3. The van der Waals surface area contributed by atoms with Gasteiger partial charge in [0.25, 0.3) is 5.56 Å². The van der Waals surface area contributed by atoms with Crippen molar-refractivity contribution in [3.05, 3.63) is 21.7 Å². The molecule has 3 rings (SSSR count). The van der Waals surface area contributed by atoms with Crippen LogP contribution in [0.4, 0.5) is 5.82 Å². The molecule has 1 amide bonds. The van der Waals surface area contributed by atoms with Crippen LogP contribution in [0.3, 0.4) is 0 Å². The van der Waals surface area contributed by atoms with Crippen molar-refractivity contribution >= 4 is 19.5 Å². The van der Waals surface area contributed by atoms with E-state index in [1.807, 2.05) is 0 Å². The quantitative estimate of drug-likeness (QED) is 0.352. The van der Waals surface area contributed by atoms with E-state index >= 15 is 0 Å². The molecule has 5 N–H and O–H groups in total. The van der Waals surface area contributed by atoms with E-state index in [2.05, 4.69) is 14.5 Å². The van der Waals surface area contributed by atoms with Gasteiger partial charge in [0.1, 0.15) is 30.0 Å². The summed E-state index contributed by atoms with van der Waals surface area (Å²) >= 11 is 0. The third-order valence-electron chi connectivity index (χ3n) is 3.94. The molecule has 1 saturated heterocycles. The molecule has 1 unspecified atom stereocenters. The number of anilines is 1. The Morgan fingerprint density at radius 1 is 1.36 bits per heavy atom. The number of amides is 1. The van der Waals surface area contributed by atoms with Gasteiger partial charge in [-0.15, -0.1) is 0 Å². The maximum Gasteiger partial charge on any atom is 0.469 e. The molecule has 1 aromatic heterocycles. The normalized spacial score (nSPS) is 29.3. The van der Waals surface area contributed by atoms with Crippen LogP contribution in [0.5, 0.6) is 0 Å². The lowest BCUT2D eigenvalue weighted by Crippen LogP contribution is -2.46. The van der Waals surface area contributed by atoms with Gasteiger partial charge in [0.2, 0.25) is 5.91 Å². The molecular formula is C12H16N3O9P. The van der Waals surface area contributed by atoms with Gasteiger partial charge in [-0.1, -0.05) is 0 Å². The summed E-state index contributed by atoms with van der Waals surface area (Å²) in [6.07, 6.45) is -6.04. The fourth-order valence-electron chi connectivity index (χ4n) is 2.82. The van der Waals surface area contributed by atoms with Gasteiger partial charge in [0, 0.05) is 0 Å². The number of H-pyrrole nitrogens is 1. The van der Waals surface area contributed by atoms with Crippen LogP contribution in [0, 0.1) is 6.92 Å². The number of ether oxygens (including phenoxy) is 1. The number of nitrogens with zero attached hydrogens (tertiary/aromatic N) is 2. The molecule has 1 aromatic rings. The first-order chi connectivity index (χ1) is 11.6. The van der Waals surface area contributed by atoms with Crippen LogP contribution in [0.2, 0.25) is 0 Å². The molecule has 0 radical (unpaired) electrons. The van der Waals surface area contributed by atoms with Crippen molar-refractivity contribution in [1.82, 2.24) is 9.97 Å². The number of aliphatic hydroxyl groups excluding tert-OH is 2. The average molecular weight is 377 g/mol. The first-order valence-electron chi connectivity index (χ1n) is 7.22. The van der Waals surface area contributed by atoms with Crippen LogP contribution in [0.1, 0.15) is 11.4 Å². The van der Waals surface area contributed by atoms with E-state index < -0.39 is 50.4 Å². The van der Waals surface area contributed by atoms with E-state index in [-0.39, 0.29) is 23.6 Å². The zero-order valence-electron chi connectivity index (χ0n) is 12.9. The summed E-state index contributed by atoms with van der Waals surface area (Å²) in [5.41, 5.74) is -0.386. The van der Waals surface area contributed by atoms with E-state index in [1.54, 1.807) is 0 Å². The third-order valence-corrected chi connectivity index (χ3v) is 4.42. The molecule has 0 saturated carbocycles. The molecule has 0 bridgehead atoms. The van der Waals surface area contributed by atoms with Crippen molar-refractivity contribution < 1.29 is 38.6 Å². The largest absolute Gasteiger partial charge is 0.469 e. The van der Waals surface area contributed by atoms with E-state index in [1.165, 1.54) is 6.92 Å². The Labute approximate surface area is 140 Å². The van der Waals surface area contributed by atoms with Crippen molar-refractivity contribution in [2.45, 2.75) is 37.9 Å². The number of aliphatic hydroxyl groups is 2. The zero-order chi connectivity index (χ0) is 18.5. The van der Waals surface area contributed by atoms with Gasteiger partial charge in [-0.3, -0.25) is 19.0 Å². The monoisotopic (exact) mass is 377 g/mol. The first kappa shape index (κ1) is 18.1. The Morgan fingerprint density at radius 3 is 2.68 bits per heavy atom. The van der Waals surface area contributed by atoms with Gasteiger partial charge in [0.15, 0.2) is 6.23 Å². The summed E-state index contributed by atoms with van der Waals surface area (Å²) in [6.45, 7) is 0.815. The van der Waals surface area contributed by atoms with Crippen molar-refractivity contribution in [1.29, 1.82) is 0 Å². The number of rotatable bonds is 4. The fourth-order valence-corrected chi connectivity index (χ4v) is 3.16. The van der Waals surface area contributed by atoms with E-state index in [0.717, 1.165) is 4.90 Å². The minimum absolute atomic E-state index is 0.0130. The highest BCUT2D eigenvalue weighted by molar-refractivity contribution is 7.46. The second kappa shape index (κ2) is 6.25. The lowest BCUT2D eigenvalue weighted by atomic mass is 10.1. The molecule has 0 spiro atoms. The van der Waals surface area contributed by atoms with Crippen molar-refractivity contribution in [2.24, 2.45) is 0 Å². The van der Waals surface area contributed by atoms with Crippen LogP contribution < -0.4 is 10.5 Å². The highest BCUT2D eigenvalue weighted by atomic mass is 31.2. The number of aromatic amines is 1. The Bertz CT molecular complexity index is 806. The van der Waals surface area contributed by atoms with Gasteiger partial charge in [-0.2, -0.15) is 0 Å². The standard InChI is InChI=1S/C12H16N3O9P/c1-4-13-10-5(11(19)14-4)2-7(16)15(10)12-9(18)8(17)6(24-12)3-23-25(20,21)22/h6,8-9,12,17-18H,2-3H2,1H3,(H,13,14,19)(H2,20,21,22)/t6-,8-,9-,12?/m1/s1. The zero-order valence-corrected chi connectivity index (χ0v) is 13.8. The molecule has 4 atom stereocenters. The smallest absolute Gasteiger partial charge is 0.387 e. The van der Waals surface area contributed by atoms with E-state index in [9.17, 15) is 24.4 Å². The van der Waals surface area contributed by atoms with Gasteiger partial charge in [-0.25, -0.2) is 9.55 Å². The molecule has 2 aliphatic rings. The van der Waals surface area contributed by atoms with Crippen LogP contribution in [-0.4, -0.2) is 67.0 Å². The van der Waals surface area contributed by atoms with Crippen molar-refractivity contribution in [2.75, 3.05) is 11.5 Å². The molecule has 3 heterocycles. The summed E-state index contributed by atoms with van der Waals surface area (Å²) in [7, 11) is -4.80. The molecule has 13 heteroatoms. The SMILES string of the molecule is Cc1nc2c(c(=O)[nH]1)CC(=O)N2C1O[C@H](COP(=O)(O)O)[C@@H](O)[C@H]1O. The Hall–Kier alpha value is -1.66. The van der Waals surface area contributed by atoms with E-state index in [0.29, 0.717) is 0 Å². The number of nitrogens with one attached hydrogen (secondary N) is 1. The third kappa shape index (κ3) is 3.37. The second-order valence-electron chi connectivity index (χ2n) is 5.73. The van der Waals surface area contributed by atoms with Crippen LogP contribution in [-0.2, 0) is 25.0 Å². The molecule has 12 nitrogen and oxygen atoms in total. The number of phosphoric acid groups is 1. The molecule has 138 valence electrons. The van der Waals surface area contributed by atoms with Gasteiger partial charge in [-0.05, 0) is 6.92 Å². The predicted molar refractivity (Wildman–Crippen MR) is 79.5 cm³/mol. The fraction of sp³-hybridized carbons (Fsp3) is 0.583. The number of aryl methyl sites for hydroxylation is 1. The number of carbonyl (C=O) groups is 1. The van der Waals surface area contributed by atoms with Crippen LogP contribution >= 0.6 is 7.82 Å². The molecule has 2 aliphatic heterocycles. The summed E-state index contributed by atoms with van der Waals surface area (Å²) < 4.78 is 20.4. The minimum atomic E-state index is -4.80. The molecule has 0 aliphatic carbocycles. The Kier molecular flexibility index (Phi) is 4.54. The molecular weight excluding hydrogens is 361 g/mol. The first-order valence-corrected chi connectivity index (χ1v) is 8.75. The van der Waals surface area contributed by atoms with Crippen LogP contribution in [0.15, 0.2) is 4.79 Å². The summed E-state index contributed by atoms with van der Waals surface area (Å²) in [5.74, 6) is -0.302. The summed E-state index contributed by atoms with van der Waals surface area (Å²) in [5, 5.41) is 20.2. The highest BCUT2D eigenvalue weighted by Gasteiger charge is 2.50. The summed E-state index contributed by atoms with van der Waals surface area (Å²) in [6, 6.07) is 0. The van der Waals surface area contributed by atoms with Crippen molar-refractivity contribution in [3.8, 4) is 0 Å². The number of hydrogen-bond acceptors (Lipinski definition) is 8. The van der Waals surface area contributed by atoms with Gasteiger partial charge in [0.05, 0.1) is 18.6 Å². The number of phosphoric ester groups is 1.